The van der Waals surface area contributed by atoms with E-state index < -0.39 is 0 Å². The molecule has 2 rings (SSSR count). The summed E-state index contributed by atoms with van der Waals surface area (Å²) in [6.07, 6.45) is 0. The highest BCUT2D eigenvalue weighted by Crippen LogP contribution is 2.33. The van der Waals surface area contributed by atoms with Crippen LogP contribution in [0.2, 0.25) is 5.02 Å². The van der Waals surface area contributed by atoms with E-state index in [0.29, 0.717) is 17.3 Å². The molecule has 0 aliphatic carbocycles. The zero-order chi connectivity index (χ0) is 14.7. The van der Waals surface area contributed by atoms with Gasteiger partial charge in [0.25, 0.3) is 0 Å². The Hall–Kier alpha value is -0.780. The molecular formula is C14H11Br2ClFNO. The maximum atomic E-state index is 13.2. The van der Waals surface area contributed by atoms with E-state index in [9.17, 15) is 4.39 Å². The van der Waals surface area contributed by atoms with Gasteiger partial charge in [-0.05, 0) is 46.3 Å². The van der Waals surface area contributed by atoms with Crippen molar-refractivity contribution >= 4 is 49.1 Å². The van der Waals surface area contributed by atoms with Crippen molar-refractivity contribution in [2.24, 2.45) is 0 Å². The minimum Gasteiger partial charge on any atom is -0.495 e. The van der Waals surface area contributed by atoms with Gasteiger partial charge in [0.1, 0.15) is 11.6 Å². The number of hydrogen-bond donors (Lipinski definition) is 1. The van der Waals surface area contributed by atoms with E-state index in [1.165, 1.54) is 18.2 Å². The van der Waals surface area contributed by atoms with Gasteiger partial charge >= 0.3 is 0 Å². The quantitative estimate of drug-likeness (QED) is 0.689. The molecule has 0 radical (unpaired) electrons. The molecule has 0 saturated heterocycles. The first kappa shape index (κ1) is 15.6. The summed E-state index contributed by atoms with van der Waals surface area (Å²) in [6, 6.07) is 8.04. The number of benzene rings is 2. The molecule has 0 aromatic heterocycles. The van der Waals surface area contributed by atoms with Crippen LogP contribution in [0.3, 0.4) is 0 Å². The van der Waals surface area contributed by atoms with Crippen LogP contribution >= 0.6 is 43.5 Å². The van der Waals surface area contributed by atoms with Gasteiger partial charge in [-0.3, -0.25) is 0 Å². The van der Waals surface area contributed by atoms with E-state index in [0.717, 1.165) is 20.3 Å². The number of anilines is 1. The Labute approximate surface area is 138 Å². The largest absolute Gasteiger partial charge is 0.495 e. The van der Waals surface area contributed by atoms with E-state index >= 15 is 0 Å². The third kappa shape index (κ3) is 3.65. The fraction of sp³-hybridized carbons (Fsp3) is 0.143. The summed E-state index contributed by atoms with van der Waals surface area (Å²) in [5.74, 6) is 0.396. The molecule has 2 aromatic rings. The summed E-state index contributed by atoms with van der Waals surface area (Å²) >= 11 is 12.9. The van der Waals surface area contributed by atoms with E-state index in [1.54, 1.807) is 7.11 Å². The Bertz CT molecular complexity index is 637. The summed E-state index contributed by atoms with van der Waals surface area (Å²) in [7, 11) is 1.60. The molecule has 0 aliphatic rings. The monoisotopic (exact) mass is 421 g/mol. The van der Waals surface area contributed by atoms with Gasteiger partial charge in [0.05, 0.1) is 22.3 Å². The number of rotatable bonds is 4. The second-order valence-corrected chi connectivity index (χ2v) is 6.23. The first-order valence-corrected chi connectivity index (χ1v) is 7.68. The van der Waals surface area contributed by atoms with Gasteiger partial charge in [0.15, 0.2) is 0 Å². The van der Waals surface area contributed by atoms with Crippen LogP contribution in [0.1, 0.15) is 5.56 Å². The molecule has 0 bridgehead atoms. The summed E-state index contributed by atoms with van der Waals surface area (Å²) in [5.41, 5.74) is 1.47. The minimum absolute atomic E-state index is 0.334. The number of nitrogens with one attached hydrogen (secondary N) is 1. The average Bonchev–Trinajstić information content (AvgIpc) is 2.39. The molecule has 0 spiro atoms. The highest BCUT2D eigenvalue weighted by atomic mass is 79.9. The van der Waals surface area contributed by atoms with Crippen molar-refractivity contribution in [2.75, 3.05) is 12.4 Å². The lowest BCUT2D eigenvalue weighted by molar-refractivity contribution is 0.407. The van der Waals surface area contributed by atoms with Crippen LogP contribution in [-0.4, -0.2) is 7.11 Å². The molecule has 0 fully saturated rings. The van der Waals surface area contributed by atoms with Crippen molar-refractivity contribution in [3.8, 4) is 5.75 Å². The molecule has 2 nitrogen and oxygen atoms in total. The lowest BCUT2D eigenvalue weighted by Crippen LogP contribution is -2.03. The minimum atomic E-state index is -0.334. The molecule has 0 aliphatic heterocycles. The zero-order valence-corrected chi connectivity index (χ0v) is 14.4. The normalized spacial score (nSPS) is 10.4. The van der Waals surface area contributed by atoms with Crippen LogP contribution in [0.25, 0.3) is 0 Å². The molecule has 2 aromatic carbocycles. The van der Waals surface area contributed by atoms with Gasteiger partial charge in [0, 0.05) is 16.6 Å². The highest BCUT2D eigenvalue weighted by molar-refractivity contribution is 9.11. The Morgan fingerprint density at radius 1 is 1.25 bits per heavy atom. The summed E-state index contributed by atoms with van der Waals surface area (Å²) in [4.78, 5) is 0. The van der Waals surface area contributed by atoms with Crippen LogP contribution in [0.15, 0.2) is 39.3 Å². The van der Waals surface area contributed by atoms with Crippen molar-refractivity contribution in [2.45, 2.75) is 6.54 Å². The molecule has 0 heterocycles. The third-order valence-electron chi connectivity index (χ3n) is 2.69. The third-order valence-corrected chi connectivity index (χ3v) is 4.06. The summed E-state index contributed by atoms with van der Waals surface area (Å²) in [6.45, 7) is 0.463. The van der Waals surface area contributed by atoms with Gasteiger partial charge in [-0.2, -0.15) is 0 Å². The maximum Gasteiger partial charge on any atom is 0.138 e. The predicted molar refractivity (Wildman–Crippen MR) is 87.1 cm³/mol. The first-order chi connectivity index (χ1) is 9.51. The van der Waals surface area contributed by atoms with Gasteiger partial charge in [0.2, 0.25) is 0 Å². The summed E-state index contributed by atoms with van der Waals surface area (Å²) < 4.78 is 20.3. The molecule has 0 unspecified atom stereocenters. The van der Waals surface area contributed by atoms with Crippen LogP contribution < -0.4 is 10.1 Å². The van der Waals surface area contributed by atoms with Crippen LogP contribution in [0, 0.1) is 5.82 Å². The van der Waals surface area contributed by atoms with E-state index in [4.69, 9.17) is 16.3 Å². The van der Waals surface area contributed by atoms with Crippen molar-refractivity contribution in [1.29, 1.82) is 0 Å². The lowest BCUT2D eigenvalue weighted by atomic mass is 10.2. The molecule has 0 saturated carbocycles. The summed E-state index contributed by atoms with van der Waals surface area (Å²) in [5, 5.41) is 3.58. The highest BCUT2D eigenvalue weighted by Gasteiger charge is 2.10. The molecule has 106 valence electrons. The first-order valence-electron chi connectivity index (χ1n) is 5.72. The van der Waals surface area contributed by atoms with Gasteiger partial charge < -0.3 is 10.1 Å². The second-order valence-electron chi connectivity index (χ2n) is 4.06. The Balaban J connectivity index is 2.24. The Morgan fingerprint density at radius 2 is 2.00 bits per heavy atom. The van der Waals surface area contributed by atoms with E-state index in [1.807, 2.05) is 12.1 Å². The van der Waals surface area contributed by atoms with E-state index in [2.05, 4.69) is 37.2 Å². The van der Waals surface area contributed by atoms with Crippen molar-refractivity contribution in [1.82, 2.24) is 0 Å². The maximum absolute atomic E-state index is 13.2. The van der Waals surface area contributed by atoms with Crippen molar-refractivity contribution < 1.29 is 9.13 Å². The number of methoxy groups -OCH3 is 1. The number of hydrogen-bond acceptors (Lipinski definition) is 2. The van der Waals surface area contributed by atoms with Gasteiger partial charge in [-0.25, -0.2) is 4.39 Å². The number of halogens is 4. The van der Waals surface area contributed by atoms with Gasteiger partial charge in [-0.1, -0.05) is 27.5 Å². The molecular weight excluding hydrogens is 412 g/mol. The average molecular weight is 424 g/mol. The number of ether oxygens (including phenoxy) is 1. The molecule has 0 atom stereocenters. The SMILES string of the molecule is COc1c(Br)cc(Br)cc1CNc1cc(F)ccc1Cl. The topological polar surface area (TPSA) is 21.3 Å². The lowest BCUT2D eigenvalue weighted by Gasteiger charge is -2.13. The molecule has 1 N–H and O–H groups in total. The predicted octanol–water partition coefficient (Wildman–Crippen LogP) is 5.62. The standard InChI is InChI=1S/C14H11Br2ClFNO/c1-20-14-8(4-9(15)5-11(14)16)7-19-13-6-10(18)2-3-12(13)17/h2-6,19H,7H2,1H3. The fourth-order valence-electron chi connectivity index (χ4n) is 1.80. The van der Waals surface area contributed by atoms with Crippen LogP contribution in [-0.2, 0) is 6.54 Å². The fourth-order valence-corrected chi connectivity index (χ4v) is 3.46. The Morgan fingerprint density at radius 3 is 2.70 bits per heavy atom. The molecule has 20 heavy (non-hydrogen) atoms. The van der Waals surface area contributed by atoms with Crippen LogP contribution in [0.4, 0.5) is 10.1 Å². The van der Waals surface area contributed by atoms with Crippen molar-refractivity contribution in [3.63, 3.8) is 0 Å². The zero-order valence-electron chi connectivity index (χ0n) is 10.5. The van der Waals surface area contributed by atoms with Gasteiger partial charge in [-0.15, -0.1) is 0 Å². The molecule has 0 amide bonds. The van der Waals surface area contributed by atoms with E-state index in [-0.39, 0.29) is 5.82 Å². The smallest absolute Gasteiger partial charge is 0.138 e. The van der Waals surface area contributed by atoms with Crippen molar-refractivity contribution in [3.05, 3.63) is 55.7 Å². The second kappa shape index (κ2) is 6.78. The Kier molecular flexibility index (Phi) is 5.29. The van der Waals surface area contributed by atoms with Crippen LogP contribution in [0.5, 0.6) is 5.75 Å². The molecule has 6 heteroatoms.